The number of ether oxygens (including phenoxy) is 1. The van der Waals surface area contributed by atoms with E-state index >= 15 is 0 Å². The van der Waals surface area contributed by atoms with E-state index in [9.17, 15) is 4.79 Å². The molecule has 1 aliphatic rings. The highest BCUT2D eigenvalue weighted by atomic mass is 16.5. The van der Waals surface area contributed by atoms with E-state index in [0.717, 1.165) is 19.5 Å². The zero-order valence-corrected chi connectivity index (χ0v) is 15.7. The average molecular weight is 349 g/mol. The summed E-state index contributed by atoms with van der Waals surface area (Å²) in [5.41, 5.74) is 6.22. The molecule has 136 valence electrons. The van der Waals surface area contributed by atoms with Crippen LogP contribution in [0, 0.1) is 13.8 Å². The van der Waals surface area contributed by atoms with Gasteiger partial charge in [-0.1, -0.05) is 54.6 Å². The summed E-state index contributed by atoms with van der Waals surface area (Å²) in [4.78, 5) is 14.2. The quantitative estimate of drug-likeness (QED) is 0.755. The first-order valence-electron chi connectivity index (χ1n) is 9.32. The van der Waals surface area contributed by atoms with Gasteiger partial charge in [0.2, 0.25) is 5.91 Å². The largest absolute Gasteiger partial charge is 0.378 e. The van der Waals surface area contributed by atoms with Gasteiger partial charge in [-0.05, 0) is 48.1 Å². The Morgan fingerprint density at radius 2 is 1.73 bits per heavy atom. The molecular formula is C23H27NO2. The molecule has 0 saturated carbocycles. The minimum Gasteiger partial charge on any atom is -0.378 e. The lowest BCUT2D eigenvalue weighted by molar-refractivity contribution is -0.135. The van der Waals surface area contributed by atoms with Gasteiger partial charge < -0.3 is 9.64 Å². The van der Waals surface area contributed by atoms with Gasteiger partial charge in [-0.15, -0.1) is 0 Å². The standard InChI is InChI=1S/C23H27NO2/c1-18-5-3-6-19(2)22(18)11-9-20-7-4-8-21(17-20)10-12-23(25)24-13-15-26-16-14-24/h3-9,11,17H,10,12-16H2,1-2H3. The highest BCUT2D eigenvalue weighted by Crippen LogP contribution is 2.18. The third-order valence-electron chi connectivity index (χ3n) is 4.93. The van der Waals surface area contributed by atoms with Gasteiger partial charge in [0.15, 0.2) is 0 Å². The maximum atomic E-state index is 12.3. The number of nitrogens with zero attached hydrogens (tertiary/aromatic N) is 1. The van der Waals surface area contributed by atoms with Crippen LogP contribution in [0.25, 0.3) is 12.2 Å². The summed E-state index contributed by atoms with van der Waals surface area (Å²) < 4.78 is 5.31. The van der Waals surface area contributed by atoms with Crippen molar-refractivity contribution in [3.8, 4) is 0 Å². The van der Waals surface area contributed by atoms with Crippen LogP contribution in [-0.2, 0) is 16.0 Å². The number of carbonyl (C=O) groups is 1. The third kappa shape index (κ3) is 4.83. The lowest BCUT2D eigenvalue weighted by Crippen LogP contribution is -2.40. The second-order valence-corrected chi connectivity index (χ2v) is 6.88. The minimum atomic E-state index is 0.227. The summed E-state index contributed by atoms with van der Waals surface area (Å²) >= 11 is 0. The van der Waals surface area contributed by atoms with Gasteiger partial charge in [-0.25, -0.2) is 0 Å². The van der Waals surface area contributed by atoms with Crippen molar-refractivity contribution in [2.75, 3.05) is 26.3 Å². The van der Waals surface area contributed by atoms with Gasteiger partial charge >= 0.3 is 0 Å². The smallest absolute Gasteiger partial charge is 0.223 e. The Kier molecular flexibility index (Phi) is 6.24. The number of carbonyl (C=O) groups excluding carboxylic acids is 1. The molecule has 1 heterocycles. The number of morpholine rings is 1. The highest BCUT2D eigenvalue weighted by Gasteiger charge is 2.16. The van der Waals surface area contributed by atoms with Gasteiger partial charge in [0, 0.05) is 19.5 Å². The zero-order chi connectivity index (χ0) is 18.4. The minimum absolute atomic E-state index is 0.227. The fraction of sp³-hybridized carbons (Fsp3) is 0.348. The molecule has 0 radical (unpaired) electrons. The number of hydrogen-bond acceptors (Lipinski definition) is 2. The highest BCUT2D eigenvalue weighted by molar-refractivity contribution is 5.77. The zero-order valence-electron chi connectivity index (χ0n) is 15.7. The fourth-order valence-corrected chi connectivity index (χ4v) is 3.34. The molecule has 0 aliphatic carbocycles. The van der Waals surface area contributed by atoms with E-state index in [4.69, 9.17) is 4.74 Å². The molecule has 1 amide bonds. The van der Waals surface area contributed by atoms with Gasteiger partial charge in [0.1, 0.15) is 0 Å². The molecular weight excluding hydrogens is 322 g/mol. The average Bonchev–Trinajstić information content (AvgIpc) is 2.67. The molecule has 0 aromatic heterocycles. The SMILES string of the molecule is Cc1cccc(C)c1C=Cc1cccc(CCC(=O)N2CCOCC2)c1. The van der Waals surface area contributed by atoms with Crippen LogP contribution in [0.15, 0.2) is 42.5 Å². The van der Waals surface area contributed by atoms with E-state index in [-0.39, 0.29) is 5.91 Å². The molecule has 26 heavy (non-hydrogen) atoms. The maximum Gasteiger partial charge on any atom is 0.223 e. The van der Waals surface area contributed by atoms with Crippen LogP contribution in [-0.4, -0.2) is 37.1 Å². The van der Waals surface area contributed by atoms with Crippen LogP contribution in [0.3, 0.4) is 0 Å². The van der Waals surface area contributed by atoms with E-state index in [2.05, 4.69) is 68.5 Å². The predicted molar refractivity (Wildman–Crippen MR) is 107 cm³/mol. The van der Waals surface area contributed by atoms with Gasteiger partial charge in [0.25, 0.3) is 0 Å². The van der Waals surface area contributed by atoms with Crippen LogP contribution in [0.1, 0.15) is 34.2 Å². The van der Waals surface area contributed by atoms with Crippen LogP contribution < -0.4 is 0 Å². The lowest BCUT2D eigenvalue weighted by atomic mass is 10.0. The Morgan fingerprint density at radius 1 is 1.04 bits per heavy atom. The number of amides is 1. The van der Waals surface area contributed by atoms with Crippen molar-refractivity contribution in [1.82, 2.24) is 4.90 Å². The first kappa shape index (κ1) is 18.4. The second kappa shape index (κ2) is 8.81. The van der Waals surface area contributed by atoms with Crippen molar-refractivity contribution in [2.24, 2.45) is 0 Å². The summed E-state index contributed by atoms with van der Waals surface area (Å²) in [6.45, 7) is 7.03. The molecule has 1 aliphatic heterocycles. The molecule has 0 unspecified atom stereocenters. The summed E-state index contributed by atoms with van der Waals surface area (Å²) in [7, 11) is 0. The Hall–Kier alpha value is -2.39. The van der Waals surface area contributed by atoms with Gasteiger partial charge in [-0.2, -0.15) is 0 Å². The van der Waals surface area contributed by atoms with Crippen molar-refractivity contribution in [3.63, 3.8) is 0 Å². The Labute approximate surface area is 156 Å². The second-order valence-electron chi connectivity index (χ2n) is 6.88. The van der Waals surface area contributed by atoms with Crippen molar-refractivity contribution >= 4 is 18.1 Å². The Balaban J connectivity index is 1.63. The first-order chi connectivity index (χ1) is 12.6. The Morgan fingerprint density at radius 3 is 2.46 bits per heavy atom. The molecule has 1 fully saturated rings. The molecule has 3 heteroatoms. The van der Waals surface area contributed by atoms with Crippen molar-refractivity contribution in [1.29, 1.82) is 0 Å². The monoisotopic (exact) mass is 349 g/mol. The van der Waals surface area contributed by atoms with Crippen molar-refractivity contribution in [2.45, 2.75) is 26.7 Å². The summed E-state index contributed by atoms with van der Waals surface area (Å²) in [6.07, 6.45) is 5.68. The van der Waals surface area contributed by atoms with E-state index in [0.29, 0.717) is 19.6 Å². The Bertz CT molecular complexity index is 768. The molecule has 0 bridgehead atoms. The van der Waals surface area contributed by atoms with Gasteiger partial charge in [-0.3, -0.25) is 4.79 Å². The van der Waals surface area contributed by atoms with E-state index in [1.165, 1.54) is 27.8 Å². The van der Waals surface area contributed by atoms with E-state index in [1.54, 1.807) is 0 Å². The van der Waals surface area contributed by atoms with E-state index < -0.39 is 0 Å². The fourth-order valence-electron chi connectivity index (χ4n) is 3.34. The number of hydrogen-bond donors (Lipinski definition) is 0. The summed E-state index contributed by atoms with van der Waals surface area (Å²) in [5, 5.41) is 0. The normalized spacial score (nSPS) is 14.8. The molecule has 0 N–H and O–H groups in total. The summed E-state index contributed by atoms with van der Waals surface area (Å²) in [5.74, 6) is 0.227. The van der Waals surface area contributed by atoms with Crippen LogP contribution in [0.2, 0.25) is 0 Å². The van der Waals surface area contributed by atoms with Crippen molar-refractivity contribution < 1.29 is 9.53 Å². The third-order valence-corrected chi connectivity index (χ3v) is 4.93. The predicted octanol–water partition coefficient (Wildman–Crippen LogP) is 4.27. The number of benzene rings is 2. The lowest BCUT2D eigenvalue weighted by Gasteiger charge is -2.26. The molecule has 3 nitrogen and oxygen atoms in total. The van der Waals surface area contributed by atoms with Gasteiger partial charge in [0.05, 0.1) is 13.2 Å². The molecule has 2 aromatic carbocycles. The van der Waals surface area contributed by atoms with E-state index in [1.807, 2.05) is 4.90 Å². The van der Waals surface area contributed by atoms with Crippen LogP contribution in [0.4, 0.5) is 0 Å². The van der Waals surface area contributed by atoms with Crippen LogP contribution in [0.5, 0.6) is 0 Å². The number of aryl methyl sites for hydroxylation is 3. The molecule has 3 rings (SSSR count). The maximum absolute atomic E-state index is 12.3. The molecule has 1 saturated heterocycles. The topological polar surface area (TPSA) is 29.5 Å². The summed E-state index contributed by atoms with van der Waals surface area (Å²) in [6, 6.07) is 14.8. The first-order valence-corrected chi connectivity index (χ1v) is 9.32. The molecule has 0 atom stereocenters. The molecule has 2 aromatic rings. The van der Waals surface area contributed by atoms with Crippen LogP contribution >= 0.6 is 0 Å². The van der Waals surface area contributed by atoms with Crippen molar-refractivity contribution in [3.05, 3.63) is 70.3 Å². The number of rotatable bonds is 5. The molecule has 0 spiro atoms.